The van der Waals surface area contributed by atoms with Crippen LogP contribution in [0.1, 0.15) is 48.0 Å². The van der Waals surface area contributed by atoms with E-state index in [9.17, 15) is 0 Å². The number of nitrogens with one attached hydrogen (secondary N) is 1. The molecule has 0 spiro atoms. The van der Waals surface area contributed by atoms with Crippen molar-refractivity contribution in [1.82, 2.24) is 10.2 Å². The van der Waals surface area contributed by atoms with Crippen molar-refractivity contribution < 1.29 is 0 Å². The Bertz CT molecular complexity index is 155. The SMILES string of the molecule is CCC(C)N(C)C(CNC(C)C)C(C)C. The summed E-state index contributed by atoms with van der Waals surface area (Å²) in [6.45, 7) is 14.7. The van der Waals surface area contributed by atoms with Crippen LogP contribution >= 0.6 is 0 Å². The van der Waals surface area contributed by atoms with Gasteiger partial charge < -0.3 is 5.32 Å². The summed E-state index contributed by atoms with van der Waals surface area (Å²) < 4.78 is 0. The summed E-state index contributed by atoms with van der Waals surface area (Å²) in [7, 11) is 2.25. The summed E-state index contributed by atoms with van der Waals surface area (Å²) in [6.07, 6.45) is 1.22. The van der Waals surface area contributed by atoms with Crippen molar-refractivity contribution in [2.45, 2.75) is 66.1 Å². The summed E-state index contributed by atoms with van der Waals surface area (Å²) in [6, 6.07) is 1.89. The fourth-order valence-corrected chi connectivity index (χ4v) is 1.82. The zero-order valence-corrected chi connectivity index (χ0v) is 11.7. The standard InChI is InChI=1S/C13H30N2/c1-8-12(6)15(7)13(10(2)3)9-14-11(4)5/h10-14H,8-9H2,1-7H3. The van der Waals surface area contributed by atoms with E-state index >= 15 is 0 Å². The highest BCUT2D eigenvalue weighted by Gasteiger charge is 2.21. The van der Waals surface area contributed by atoms with Crippen LogP contribution in [0.2, 0.25) is 0 Å². The molecule has 2 atom stereocenters. The van der Waals surface area contributed by atoms with Crippen LogP contribution in [0, 0.1) is 5.92 Å². The number of hydrogen-bond acceptors (Lipinski definition) is 2. The molecule has 1 N–H and O–H groups in total. The third kappa shape index (κ3) is 5.53. The molecule has 0 aliphatic carbocycles. The van der Waals surface area contributed by atoms with Crippen molar-refractivity contribution in [1.29, 1.82) is 0 Å². The molecule has 0 bridgehead atoms. The Morgan fingerprint density at radius 2 is 1.60 bits per heavy atom. The summed E-state index contributed by atoms with van der Waals surface area (Å²) >= 11 is 0. The first-order chi connectivity index (χ1) is 6.90. The van der Waals surface area contributed by atoms with Gasteiger partial charge in [-0.1, -0.05) is 34.6 Å². The summed E-state index contributed by atoms with van der Waals surface area (Å²) in [5.74, 6) is 0.704. The van der Waals surface area contributed by atoms with Crippen LogP contribution < -0.4 is 5.32 Å². The van der Waals surface area contributed by atoms with Crippen LogP contribution in [0.3, 0.4) is 0 Å². The maximum absolute atomic E-state index is 3.55. The zero-order valence-electron chi connectivity index (χ0n) is 11.7. The van der Waals surface area contributed by atoms with Gasteiger partial charge in [0.1, 0.15) is 0 Å². The van der Waals surface area contributed by atoms with Crippen LogP contribution in [0.5, 0.6) is 0 Å². The fourth-order valence-electron chi connectivity index (χ4n) is 1.82. The molecule has 0 amide bonds. The van der Waals surface area contributed by atoms with E-state index < -0.39 is 0 Å². The molecule has 15 heavy (non-hydrogen) atoms. The van der Waals surface area contributed by atoms with Gasteiger partial charge in [0.2, 0.25) is 0 Å². The van der Waals surface area contributed by atoms with E-state index in [0.717, 1.165) is 6.54 Å². The first-order valence-electron chi connectivity index (χ1n) is 6.35. The average molecular weight is 214 g/mol. The van der Waals surface area contributed by atoms with Crippen LogP contribution in [-0.4, -0.2) is 36.6 Å². The highest BCUT2D eigenvalue weighted by molar-refractivity contribution is 4.78. The smallest absolute Gasteiger partial charge is 0.0243 e. The lowest BCUT2D eigenvalue weighted by molar-refractivity contribution is 0.137. The molecule has 0 aliphatic rings. The van der Waals surface area contributed by atoms with Crippen molar-refractivity contribution in [3.63, 3.8) is 0 Å². The van der Waals surface area contributed by atoms with Gasteiger partial charge in [-0.25, -0.2) is 0 Å². The maximum atomic E-state index is 3.55. The Morgan fingerprint density at radius 3 is 1.93 bits per heavy atom. The van der Waals surface area contributed by atoms with Gasteiger partial charge >= 0.3 is 0 Å². The molecule has 0 fully saturated rings. The molecular weight excluding hydrogens is 184 g/mol. The van der Waals surface area contributed by atoms with Gasteiger partial charge in [-0.15, -0.1) is 0 Å². The largest absolute Gasteiger partial charge is 0.313 e. The molecule has 0 saturated carbocycles. The van der Waals surface area contributed by atoms with Crippen LogP contribution in [0.15, 0.2) is 0 Å². The van der Waals surface area contributed by atoms with Gasteiger partial charge in [0, 0.05) is 24.7 Å². The van der Waals surface area contributed by atoms with Crippen molar-refractivity contribution in [2.24, 2.45) is 5.92 Å². The molecular formula is C13H30N2. The molecule has 92 valence electrons. The molecule has 2 nitrogen and oxygen atoms in total. The lowest BCUT2D eigenvalue weighted by atomic mass is 10.0. The van der Waals surface area contributed by atoms with Crippen molar-refractivity contribution in [3.05, 3.63) is 0 Å². The lowest BCUT2D eigenvalue weighted by Gasteiger charge is -2.36. The third-order valence-corrected chi connectivity index (χ3v) is 3.31. The quantitative estimate of drug-likeness (QED) is 0.701. The molecule has 0 rings (SSSR count). The minimum absolute atomic E-state index is 0.580. The predicted octanol–water partition coefficient (Wildman–Crippen LogP) is 2.74. The second-order valence-electron chi connectivity index (χ2n) is 5.30. The van der Waals surface area contributed by atoms with Gasteiger partial charge in [0.05, 0.1) is 0 Å². The van der Waals surface area contributed by atoms with E-state index in [1.54, 1.807) is 0 Å². The zero-order chi connectivity index (χ0) is 12.0. The van der Waals surface area contributed by atoms with Crippen LogP contribution in [0.25, 0.3) is 0 Å². The van der Waals surface area contributed by atoms with E-state index in [1.807, 2.05) is 0 Å². The van der Waals surface area contributed by atoms with Crippen molar-refractivity contribution in [3.8, 4) is 0 Å². The minimum Gasteiger partial charge on any atom is -0.313 e. The van der Waals surface area contributed by atoms with E-state index in [4.69, 9.17) is 0 Å². The highest BCUT2D eigenvalue weighted by atomic mass is 15.2. The Balaban J connectivity index is 4.25. The molecule has 0 saturated heterocycles. The van der Waals surface area contributed by atoms with Gasteiger partial charge in [-0.05, 0) is 26.3 Å². The van der Waals surface area contributed by atoms with Crippen LogP contribution in [0.4, 0.5) is 0 Å². The lowest BCUT2D eigenvalue weighted by Crippen LogP contribution is -2.48. The van der Waals surface area contributed by atoms with E-state index in [-0.39, 0.29) is 0 Å². The van der Waals surface area contributed by atoms with Gasteiger partial charge in [-0.3, -0.25) is 4.90 Å². The Hall–Kier alpha value is -0.0800. The average Bonchev–Trinajstić information content (AvgIpc) is 2.15. The molecule has 0 heterocycles. The van der Waals surface area contributed by atoms with Gasteiger partial charge in [-0.2, -0.15) is 0 Å². The van der Waals surface area contributed by atoms with Crippen molar-refractivity contribution in [2.75, 3.05) is 13.6 Å². The molecule has 0 radical (unpaired) electrons. The first-order valence-corrected chi connectivity index (χ1v) is 6.35. The molecule has 0 aromatic carbocycles. The third-order valence-electron chi connectivity index (χ3n) is 3.31. The predicted molar refractivity (Wildman–Crippen MR) is 69.3 cm³/mol. The normalized spacial score (nSPS) is 16.4. The molecule has 2 unspecified atom stereocenters. The topological polar surface area (TPSA) is 15.3 Å². The molecule has 2 heteroatoms. The minimum atomic E-state index is 0.580. The first kappa shape index (κ1) is 14.9. The summed E-state index contributed by atoms with van der Waals surface area (Å²) in [4.78, 5) is 2.51. The summed E-state index contributed by atoms with van der Waals surface area (Å²) in [5.41, 5.74) is 0. The molecule has 0 aliphatic heterocycles. The van der Waals surface area contributed by atoms with Crippen molar-refractivity contribution >= 4 is 0 Å². The Labute approximate surface area is 96.4 Å². The Morgan fingerprint density at radius 1 is 1.07 bits per heavy atom. The van der Waals surface area contributed by atoms with E-state index in [0.29, 0.717) is 24.0 Å². The second-order valence-corrected chi connectivity index (χ2v) is 5.30. The van der Waals surface area contributed by atoms with Crippen LogP contribution in [-0.2, 0) is 0 Å². The maximum Gasteiger partial charge on any atom is 0.0243 e. The fraction of sp³-hybridized carbons (Fsp3) is 1.00. The van der Waals surface area contributed by atoms with Gasteiger partial charge in [0.25, 0.3) is 0 Å². The van der Waals surface area contributed by atoms with E-state index in [2.05, 4.69) is 58.8 Å². The monoisotopic (exact) mass is 214 g/mol. The summed E-state index contributed by atoms with van der Waals surface area (Å²) in [5, 5.41) is 3.55. The Kier molecular flexibility index (Phi) is 7.20. The highest BCUT2D eigenvalue weighted by Crippen LogP contribution is 2.13. The van der Waals surface area contributed by atoms with E-state index in [1.165, 1.54) is 6.42 Å². The number of hydrogen-bond donors (Lipinski definition) is 1. The number of rotatable bonds is 7. The number of nitrogens with zero attached hydrogens (tertiary/aromatic N) is 1. The molecule has 0 aromatic rings. The van der Waals surface area contributed by atoms with Gasteiger partial charge in [0.15, 0.2) is 0 Å². The second kappa shape index (κ2) is 7.24. The molecule has 0 aromatic heterocycles. The number of likely N-dealkylation sites (N-methyl/N-ethyl adjacent to an activating group) is 1.